The van der Waals surface area contributed by atoms with Crippen LogP contribution in [0.4, 0.5) is 22.9 Å². The molecule has 0 spiro atoms. The van der Waals surface area contributed by atoms with Gasteiger partial charge in [0, 0.05) is 41.6 Å². The zero-order valence-corrected chi connectivity index (χ0v) is 16.2. The van der Waals surface area contributed by atoms with Gasteiger partial charge in [-0.3, -0.25) is 14.6 Å². The van der Waals surface area contributed by atoms with Gasteiger partial charge in [0.05, 0.1) is 11.2 Å². The van der Waals surface area contributed by atoms with E-state index in [-0.39, 0.29) is 11.8 Å². The molecule has 0 aliphatic rings. The van der Waals surface area contributed by atoms with E-state index in [1.165, 1.54) is 6.92 Å². The molecule has 4 aromatic rings. The monoisotopic (exact) mass is 397 g/mol. The van der Waals surface area contributed by atoms with E-state index in [0.29, 0.717) is 22.8 Å². The van der Waals surface area contributed by atoms with Crippen molar-refractivity contribution in [2.24, 2.45) is 0 Å². The fraction of sp³-hybridized carbons (Fsp3) is 0.0435. The van der Waals surface area contributed by atoms with Crippen LogP contribution < -0.4 is 16.0 Å². The van der Waals surface area contributed by atoms with Crippen LogP contribution in [0, 0.1) is 0 Å². The number of amides is 2. The van der Waals surface area contributed by atoms with Gasteiger partial charge in [-0.2, -0.15) is 0 Å². The molecule has 0 aliphatic carbocycles. The Morgan fingerprint density at radius 1 is 0.800 bits per heavy atom. The van der Waals surface area contributed by atoms with E-state index in [2.05, 4.69) is 25.9 Å². The summed E-state index contributed by atoms with van der Waals surface area (Å²) in [5.41, 5.74) is 3.40. The third-order valence-electron chi connectivity index (χ3n) is 4.38. The number of carbonyl (C=O) groups excluding carboxylic acids is 2. The highest BCUT2D eigenvalue weighted by atomic mass is 16.2. The molecule has 0 unspecified atom stereocenters. The first-order valence-corrected chi connectivity index (χ1v) is 9.34. The summed E-state index contributed by atoms with van der Waals surface area (Å²) in [6, 6.07) is 20.0. The van der Waals surface area contributed by atoms with Gasteiger partial charge in [-0.05, 0) is 48.5 Å². The Bertz CT molecular complexity index is 1220. The molecular formula is C23H19N5O2. The molecule has 0 radical (unpaired) electrons. The average Bonchev–Trinajstić information content (AvgIpc) is 2.75. The number of fused-ring (bicyclic) bond motifs is 1. The maximum atomic E-state index is 12.6. The van der Waals surface area contributed by atoms with Gasteiger partial charge in [-0.25, -0.2) is 4.98 Å². The smallest absolute Gasteiger partial charge is 0.255 e. The van der Waals surface area contributed by atoms with Crippen molar-refractivity contribution >= 4 is 45.6 Å². The van der Waals surface area contributed by atoms with Crippen molar-refractivity contribution in [3.63, 3.8) is 0 Å². The topological polar surface area (TPSA) is 96.0 Å². The molecule has 0 aliphatic heterocycles. The first-order chi connectivity index (χ1) is 14.6. The molecule has 0 bridgehead atoms. The Kier molecular flexibility index (Phi) is 5.34. The lowest BCUT2D eigenvalue weighted by molar-refractivity contribution is -0.114. The molecule has 2 aromatic heterocycles. The van der Waals surface area contributed by atoms with Gasteiger partial charge in [0.1, 0.15) is 5.82 Å². The third-order valence-corrected chi connectivity index (χ3v) is 4.38. The number of nitrogens with one attached hydrogen (secondary N) is 3. The number of para-hydroxylation sites is 1. The number of pyridine rings is 2. The fourth-order valence-electron chi connectivity index (χ4n) is 3.03. The average molecular weight is 397 g/mol. The maximum Gasteiger partial charge on any atom is 0.255 e. The third kappa shape index (κ3) is 4.41. The summed E-state index contributed by atoms with van der Waals surface area (Å²) < 4.78 is 0. The van der Waals surface area contributed by atoms with Crippen molar-refractivity contribution in [3.8, 4) is 0 Å². The van der Waals surface area contributed by atoms with Crippen LogP contribution in [0.5, 0.6) is 0 Å². The molecule has 2 amide bonds. The summed E-state index contributed by atoms with van der Waals surface area (Å²) in [4.78, 5) is 32.5. The molecule has 0 saturated heterocycles. The van der Waals surface area contributed by atoms with Gasteiger partial charge in [0.2, 0.25) is 5.91 Å². The normalized spacial score (nSPS) is 10.4. The molecule has 7 nitrogen and oxygen atoms in total. The minimum atomic E-state index is -0.260. The van der Waals surface area contributed by atoms with Crippen molar-refractivity contribution in [2.45, 2.75) is 6.92 Å². The number of hydrogen-bond acceptors (Lipinski definition) is 5. The molecule has 0 saturated carbocycles. The number of aromatic nitrogens is 2. The van der Waals surface area contributed by atoms with E-state index in [1.807, 2.05) is 30.3 Å². The van der Waals surface area contributed by atoms with Crippen LogP contribution >= 0.6 is 0 Å². The van der Waals surface area contributed by atoms with E-state index >= 15 is 0 Å². The van der Waals surface area contributed by atoms with Crippen LogP contribution in [0.25, 0.3) is 10.9 Å². The van der Waals surface area contributed by atoms with Gasteiger partial charge in [0.25, 0.3) is 5.91 Å². The molecule has 30 heavy (non-hydrogen) atoms. The summed E-state index contributed by atoms with van der Waals surface area (Å²) in [5.74, 6) is 0.135. The van der Waals surface area contributed by atoms with Crippen molar-refractivity contribution < 1.29 is 9.59 Å². The van der Waals surface area contributed by atoms with Crippen LogP contribution in [0.3, 0.4) is 0 Å². The van der Waals surface area contributed by atoms with Crippen LogP contribution in [0.2, 0.25) is 0 Å². The van der Waals surface area contributed by atoms with Gasteiger partial charge < -0.3 is 16.0 Å². The number of hydrogen-bond donors (Lipinski definition) is 3. The van der Waals surface area contributed by atoms with Gasteiger partial charge in [0.15, 0.2) is 0 Å². The molecule has 148 valence electrons. The second kappa shape index (κ2) is 8.40. The number of anilines is 4. The molecule has 4 rings (SSSR count). The quantitative estimate of drug-likeness (QED) is 0.458. The highest BCUT2D eigenvalue weighted by Gasteiger charge is 2.09. The van der Waals surface area contributed by atoms with Gasteiger partial charge >= 0.3 is 0 Å². The summed E-state index contributed by atoms with van der Waals surface area (Å²) in [5, 5.41) is 9.78. The molecular weight excluding hydrogens is 378 g/mol. The van der Waals surface area contributed by atoms with Gasteiger partial charge in [-0.1, -0.05) is 18.2 Å². The second-order valence-corrected chi connectivity index (χ2v) is 6.65. The van der Waals surface area contributed by atoms with E-state index in [0.717, 1.165) is 16.6 Å². The number of carbonyl (C=O) groups is 2. The highest BCUT2D eigenvalue weighted by Crippen LogP contribution is 2.24. The molecule has 7 heteroatoms. The molecule has 3 N–H and O–H groups in total. The largest absolute Gasteiger partial charge is 0.338 e. The van der Waals surface area contributed by atoms with Crippen LogP contribution in [0.15, 0.2) is 79.1 Å². The van der Waals surface area contributed by atoms with E-state index in [1.54, 1.807) is 48.8 Å². The summed E-state index contributed by atoms with van der Waals surface area (Å²) in [6.07, 6.45) is 3.32. The van der Waals surface area contributed by atoms with Crippen molar-refractivity contribution in [3.05, 3.63) is 84.7 Å². The Morgan fingerprint density at radius 3 is 2.30 bits per heavy atom. The summed E-state index contributed by atoms with van der Waals surface area (Å²) >= 11 is 0. The Hall–Kier alpha value is -4.26. The lowest BCUT2D eigenvalue weighted by Gasteiger charge is -2.10. The van der Waals surface area contributed by atoms with Crippen molar-refractivity contribution in [1.29, 1.82) is 0 Å². The van der Waals surface area contributed by atoms with Crippen LogP contribution in [-0.4, -0.2) is 21.8 Å². The minimum Gasteiger partial charge on any atom is -0.338 e. The Labute approximate surface area is 173 Å². The number of rotatable bonds is 5. The first kappa shape index (κ1) is 19.1. The lowest BCUT2D eigenvalue weighted by atomic mass is 10.2. The predicted octanol–water partition coefficient (Wildman–Crippen LogP) is 4.58. The van der Waals surface area contributed by atoms with Crippen molar-refractivity contribution in [1.82, 2.24) is 9.97 Å². The van der Waals surface area contributed by atoms with E-state index < -0.39 is 0 Å². The Balaban J connectivity index is 1.50. The molecule has 0 fully saturated rings. The number of benzene rings is 2. The lowest BCUT2D eigenvalue weighted by Crippen LogP contribution is -2.12. The van der Waals surface area contributed by atoms with E-state index in [4.69, 9.17) is 0 Å². The molecule has 2 heterocycles. The fourth-order valence-corrected chi connectivity index (χ4v) is 3.03. The zero-order chi connectivity index (χ0) is 20.9. The second-order valence-electron chi connectivity index (χ2n) is 6.65. The van der Waals surface area contributed by atoms with Gasteiger partial charge in [-0.15, -0.1) is 0 Å². The maximum absolute atomic E-state index is 12.6. The molecule has 2 aromatic carbocycles. The van der Waals surface area contributed by atoms with Crippen molar-refractivity contribution in [2.75, 3.05) is 16.0 Å². The van der Waals surface area contributed by atoms with Crippen LogP contribution in [-0.2, 0) is 4.79 Å². The standard InChI is InChI=1S/C23H19N5O2/c1-15(29)26-18-7-9-19(10-8-18)27-23(30)17-11-13-24-21(14-17)28-20-6-2-4-16-5-3-12-25-22(16)20/h2-14H,1H3,(H,24,28)(H,26,29)(H,27,30). The van der Waals surface area contributed by atoms with Crippen LogP contribution in [0.1, 0.15) is 17.3 Å². The Morgan fingerprint density at radius 2 is 1.53 bits per heavy atom. The summed E-state index contributed by atoms with van der Waals surface area (Å²) in [7, 11) is 0. The zero-order valence-electron chi connectivity index (χ0n) is 16.2. The SMILES string of the molecule is CC(=O)Nc1ccc(NC(=O)c2ccnc(Nc3cccc4cccnc34)c2)cc1. The minimum absolute atomic E-state index is 0.148. The summed E-state index contributed by atoms with van der Waals surface area (Å²) in [6.45, 7) is 1.44. The van der Waals surface area contributed by atoms with E-state index in [9.17, 15) is 9.59 Å². The number of nitrogens with zero attached hydrogens (tertiary/aromatic N) is 2. The predicted molar refractivity (Wildman–Crippen MR) is 118 cm³/mol. The molecule has 0 atom stereocenters. The first-order valence-electron chi connectivity index (χ1n) is 9.34. The highest BCUT2D eigenvalue weighted by molar-refractivity contribution is 6.05.